The molecule has 0 bridgehead atoms. The molecule has 25 heavy (non-hydrogen) atoms. The van der Waals surface area contributed by atoms with Crippen molar-refractivity contribution in [2.24, 2.45) is 4.99 Å². The van der Waals surface area contributed by atoms with E-state index in [1.807, 2.05) is 56.0 Å². The highest BCUT2D eigenvalue weighted by molar-refractivity contribution is 6.32. The topological polar surface area (TPSA) is 52.9 Å². The maximum absolute atomic E-state index is 13.0. The second kappa shape index (κ2) is 5.41. The summed E-state index contributed by atoms with van der Waals surface area (Å²) >= 11 is 6.25. The minimum atomic E-state index is -1.56. The molecule has 1 saturated heterocycles. The standard InChI is InChI=1S/C20H19ClN2O2/c1-11-4-5-14(10-16(11)21)23-7-6-20(25)18(24)15-8-12(2)13(3)9-17(15)22-19(20)23/h4-5,8-10,25H,6-7H2,1-3H3/t20-/m1/s1. The predicted molar refractivity (Wildman–Crippen MR) is 100 cm³/mol. The smallest absolute Gasteiger partial charge is 0.204 e. The summed E-state index contributed by atoms with van der Waals surface area (Å²) in [6.45, 7) is 6.41. The number of anilines is 1. The van der Waals surface area contributed by atoms with Crippen molar-refractivity contribution in [3.63, 3.8) is 0 Å². The summed E-state index contributed by atoms with van der Waals surface area (Å²) < 4.78 is 0. The fraction of sp³-hybridized carbons (Fsp3) is 0.300. The Morgan fingerprint density at radius 3 is 2.56 bits per heavy atom. The molecular formula is C20H19ClN2O2. The highest BCUT2D eigenvalue weighted by Gasteiger charge is 2.52. The number of aryl methyl sites for hydroxylation is 3. The minimum absolute atomic E-state index is 0.267. The van der Waals surface area contributed by atoms with Gasteiger partial charge in [-0.05, 0) is 61.7 Å². The summed E-state index contributed by atoms with van der Waals surface area (Å²) in [7, 11) is 0. The van der Waals surface area contributed by atoms with Gasteiger partial charge < -0.3 is 10.0 Å². The van der Waals surface area contributed by atoms with Crippen LogP contribution in [0.3, 0.4) is 0 Å². The number of hydrogen-bond donors (Lipinski definition) is 1. The van der Waals surface area contributed by atoms with Crippen LogP contribution < -0.4 is 4.90 Å². The quantitative estimate of drug-likeness (QED) is 0.837. The maximum Gasteiger partial charge on any atom is 0.204 e. The molecule has 0 radical (unpaired) electrons. The van der Waals surface area contributed by atoms with Crippen LogP contribution in [0.25, 0.3) is 0 Å². The Morgan fingerprint density at radius 1 is 1.12 bits per heavy atom. The zero-order valence-corrected chi connectivity index (χ0v) is 15.2. The molecule has 0 aliphatic carbocycles. The van der Waals surface area contributed by atoms with Crippen molar-refractivity contribution in [1.29, 1.82) is 0 Å². The molecule has 0 amide bonds. The first kappa shape index (κ1) is 16.3. The summed E-state index contributed by atoms with van der Waals surface area (Å²) in [4.78, 5) is 19.6. The van der Waals surface area contributed by atoms with E-state index in [4.69, 9.17) is 11.6 Å². The van der Waals surface area contributed by atoms with Crippen LogP contribution in [-0.4, -0.2) is 28.9 Å². The molecule has 0 spiro atoms. The average molecular weight is 355 g/mol. The number of nitrogens with zero attached hydrogens (tertiary/aromatic N) is 2. The van der Waals surface area contributed by atoms with Gasteiger partial charge in [-0.2, -0.15) is 0 Å². The van der Waals surface area contributed by atoms with Crippen molar-refractivity contribution >= 4 is 34.6 Å². The summed E-state index contributed by atoms with van der Waals surface area (Å²) in [6.07, 6.45) is 0.322. The van der Waals surface area contributed by atoms with Gasteiger partial charge in [0.2, 0.25) is 5.78 Å². The Morgan fingerprint density at radius 2 is 1.84 bits per heavy atom. The number of fused-ring (bicyclic) bond motifs is 2. The van der Waals surface area contributed by atoms with Crippen LogP contribution in [0.15, 0.2) is 35.3 Å². The van der Waals surface area contributed by atoms with Gasteiger partial charge in [0.1, 0.15) is 5.84 Å². The Kier molecular flexibility index (Phi) is 3.53. The molecule has 4 rings (SSSR count). The van der Waals surface area contributed by atoms with Crippen molar-refractivity contribution in [3.8, 4) is 0 Å². The number of Topliss-reactive ketones (excluding diaryl/α,β-unsaturated/α-hetero) is 1. The van der Waals surface area contributed by atoms with Crippen molar-refractivity contribution in [1.82, 2.24) is 0 Å². The molecule has 2 aliphatic rings. The zero-order chi connectivity index (χ0) is 17.9. The number of rotatable bonds is 1. The third-order valence-corrected chi connectivity index (χ3v) is 5.66. The fourth-order valence-electron chi connectivity index (χ4n) is 3.50. The minimum Gasteiger partial charge on any atom is -0.374 e. The maximum atomic E-state index is 13.0. The van der Waals surface area contributed by atoms with Crippen LogP contribution in [-0.2, 0) is 0 Å². The number of benzene rings is 2. The number of halogens is 1. The SMILES string of the molecule is Cc1cc2c(cc1C)C(=O)[C@]1(O)CCN(c3ccc(C)c(Cl)c3)C1=N2. The van der Waals surface area contributed by atoms with Gasteiger partial charge in [0, 0.05) is 29.2 Å². The van der Waals surface area contributed by atoms with Crippen LogP contribution >= 0.6 is 11.6 Å². The Hall–Kier alpha value is -2.17. The van der Waals surface area contributed by atoms with Crippen LogP contribution in [0.4, 0.5) is 11.4 Å². The van der Waals surface area contributed by atoms with Gasteiger partial charge in [-0.15, -0.1) is 0 Å². The van der Waals surface area contributed by atoms with Gasteiger partial charge in [-0.3, -0.25) is 4.79 Å². The van der Waals surface area contributed by atoms with Gasteiger partial charge >= 0.3 is 0 Å². The third-order valence-electron chi connectivity index (χ3n) is 5.25. The van der Waals surface area contributed by atoms with Crippen LogP contribution in [0.1, 0.15) is 33.5 Å². The van der Waals surface area contributed by atoms with Gasteiger partial charge in [0.25, 0.3) is 0 Å². The van der Waals surface area contributed by atoms with Gasteiger partial charge in [0.15, 0.2) is 5.60 Å². The van der Waals surface area contributed by atoms with E-state index in [9.17, 15) is 9.90 Å². The largest absolute Gasteiger partial charge is 0.374 e. The molecule has 5 heteroatoms. The monoisotopic (exact) mass is 354 g/mol. The Balaban J connectivity index is 1.87. The normalized spacial score (nSPS) is 21.9. The number of aliphatic imine (C=N–C) groups is 1. The average Bonchev–Trinajstić information content (AvgIpc) is 2.91. The Bertz CT molecular complexity index is 951. The molecule has 1 atom stereocenters. The van der Waals surface area contributed by atoms with Crippen LogP contribution in [0.5, 0.6) is 0 Å². The molecule has 2 aromatic rings. The number of ketones is 1. The van der Waals surface area contributed by atoms with Gasteiger partial charge in [0.05, 0.1) is 5.69 Å². The van der Waals surface area contributed by atoms with Gasteiger partial charge in [-0.25, -0.2) is 4.99 Å². The third kappa shape index (κ3) is 2.32. The fourth-order valence-corrected chi connectivity index (χ4v) is 3.67. The second-order valence-electron chi connectivity index (χ2n) is 6.91. The lowest BCUT2D eigenvalue weighted by atomic mass is 9.86. The lowest BCUT2D eigenvalue weighted by Crippen LogP contribution is -2.48. The summed E-state index contributed by atoms with van der Waals surface area (Å²) in [5.41, 5.74) is 3.48. The van der Waals surface area contributed by atoms with Gasteiger partial charge in [-0.1, -0.05) is 17.7 Å². The zero-order valence-electron chi connectivity index (χ0n) is 14.4. The molecule has 4 nitrogen and oxygen atoms in total. The van der Waals surface area contributed by atoms with Crippen molar-refractivity contribution in [2.75, 3.05) is 11.4 Å². The van der Waals surface area contributed by atoms with E-state index in [0.717, 1.165) is 22.4 Å². The highest BCUT2D eigenvalue weighted by Crippen LogP contribution is 2.40. The predicted octanol–water partition coefficient (Wildman–Crippen LogP) is 4.13. The Labute approximate surface area is 151 Å². The summed E-state index contributed by atoms with van der Waals surface area (Å²) in [5, 5.41) is 11.7. The van der Waals surface area contributed by atoms with E-state index in [0.29, 0.717) is 35.1 Å². The van der Waals surface area contributed by atoms with E-state index < -0.39 is 5.60 Å². The molecule has 2 aromatic carbocycles. The molecule has 0 saturated carbocycles. The number of carbonyl (C=O) groups is 1. The number of aliphatic hydroxyl groups is 1. The van der Waals surface area contributed by atoms with E-state index in [1.165, 1.54) is 0 Å². The highest BCUT2D eigenvalue weighted by atomic mass is 35.5. The molecule has 0 aromatic heterocycles. The molecule has 1 N–H and O–H groups in total. The summed E-state index contributed by atoms with van der Waals surface area (Å²) in [6, 6.07) is 9.47. The second-order valence-corrected chi connectivity index (χ2v) is 7.32. The van der Waals surface area contributed by atoms with E-state index in [2.05, 4.69) is 4.99 Å². The molecule has 0 unspecified atom stereocenters. The number of amidine groups is 1. The van der Waals surface area contributed by atoms with Crippen LogP contribution in [0.2, 0.25) is 5.02 Å². The first-order valence-electron chi connectivity index (χ1n) is 8.32. The molecule has 2 aliphatic heterocycles. The number of carbonyl (C=O) groups excluding carboxylic acids is 1. The van der Waals surface area contributed by atoms with E-state index >= 15 is 0 Å². The van der Waals surface area contributed by atoms with E-state index in [1.54, 1.807) is 0 Å². The van der Waals surface area contributed by atoms with Crippen LogP contribution in [0, 0.1) is 20.8 Å². The van der Waals surface area contributed by atoms with Crippen molar-refractivity contribution < 1.29 is 9.90 Å². The lowest BCUT2D eigenvalue weighted by Gasteiger charge is -2.30. The first-order valence-corrected chi connectivity index (χ1v) is 8.70. The van der Waals surface area contributed by atoms with Crippen molar-refractivity contribution in [3.05, 3.63) is 57.6 Å². The molecule has 1 fully saturated rings. The molecular weight excluding hydrogens is 336 g/mol. The van der Waals surface area contributed by atoms with Crippen molar-refractivity contribution in [2.45, 2.75) is 32.8 Å². The molecule has 128 valence electrons. The summed E-state index contributed by atoms with van der Waals surface area (Å²) in [5.74, 6) is 0.129. The lowest BCUT2D eigenvalue weighted by molar-refractivity contribution is 0.0602. The number of hydrogen-bond acceptors (Lipinski definition) is 4. The first-order chi connectivity index (χ1) is 11.8. The van der Waals surface area contributed by atoms with E-state index in [-0.39, 0.29) is 5.78 Å². The molecule has 2 heterocycles.